The summed E-state index contributed by atoms with van der Waals surface area (Å²) in [6.07, 6.45) is 1.72. The van der Waals surface area contributed by atoms with Gasteiger partial charge in [0.15, 0.2) is 0 Å². The number of hydrogen-bond acceptors (Lipinski definition) is 2. The van der Waals surface area contributed by atoms with Crippen molar-refractivity contribution in [2.45, 2.75) is 4.90 Å². The Labute approximate surface area is 70.8 Å². The summed E-state index contributed by atoms with van der Waals surface area (Å²) in [6, 6.07) is 10.0. The van der Waals surface area contributed by atoms with E-state index in [0.29, 0.717) is 0 Å². The number of aliphatic hydroxyl groups excluding tert-OH is 1. The van der Waals surface area contributed by atoms with Gasteiger partial charge in [0.1, 0.15) is 0 Å². The van der Waals surface area contributed by atoms with E-state index in [1.807, 2.05) is 35.7 Å². The zero-order valence-corrected chi connectivity index (χ0v) is 6.92. The van der Waals surface area contributed by atoms with Crippen molar-refractivity contribution in [1.82, 2.24) is 0 Å². The molecule has 0 aliphatic carbocycles. The van der Waals surface area contributed by atoms with Crippen LogP contribution in [0.25, 0.3) is 0 Å². The molecule has 0 spiro atoms. The highest BCUT2D eigenvalue weighted by Crippen LogP contribution is 2.17. The first kappa shape index (κ1) is 8.37. The molecule has 1 nitrogen and oxygen atoms in total. The molecule has 1 rings (SSSR count). The van der Waals surface area contributed by atoms with E-state index in [4.69, 9.17) is 5.11 Å². The third-order valence-corrected chi connectivity index (χ3v) is 2.02. The van der Waals surface area contributed by atoms with Crippen molar-refractivity contribution in [3.05, 3.63) is 41.8 Å². The number of rotatable bonds is 3. The largest absolute Gasteiger partial charge is 0.392 e. The second-order valence-electron chi connectivity index (χ2n) is 1.99. The Bertz CT molecular complexity index is 218. The molecule has 1 N–H and O–H groups in total. The van der Waals surface area contributed by atoms with Crippen LogP contribution in [0, 0.1) is 0 Å². The van der Waals surface area contributed by atoms with Crippen molar-refractivity contribution in [3.63, 3.8) is 0 Å². The normalized spacial score (nSPS) is 10.6. The molecule has 0 saturated carbocycles. The monoisotopic (exact) mass is 166 g/mol. The summed E-state index contributed by atoms with van der Waals surface area (Å²) in [6.45, 7) is 0.111. The molecule has 2 heteroatoms. The molecule has 0 amide bonds. The van der Waals surface area contributed by atoms with Crippen LogP contribution in [-0.2, 0) is 0 Å². The second kappa shape index (κ2) is 4.99. The van der Waals surface area contributed by atoms with Crippen LogP contribution >= 0.6 is 11.8 Å². The lowest BCUT2D eigenvalue weighted by molar-refractivity contribution is 0.343. The fourth-order valence-electron chi connectivity index (χ4n) is 0.669. The number of aliphatic hydroxyl groups is 1. The summed E-state index contributed by atoms with van der Waals surface area (Å²) in [5, 5.41) is 10.3. The molecule has 0 unspecified atom stereocenters. The van der Waals surface area contributed by atoms with Crippen LogP contribution in [0.2, 0.25) is 0 Å². The molecular weight excluding hydrogens is 156 g/mol. The Kier molecular flexibility index (Phi) is 3.80. The summed E-state index contributed by atoms with van der Waals surface area (Å²) in [5.41, 5.74) is 0. The topological polar surface area (TPSA) is 20.2 Å². The van der Waals surface area contributed by atoms with Crippen molar-refractivity contribution >= 4 is 11.8 Å². The van der Waals surface area contributed by atoms with Gasteiger partial charge in [-0.1, -0.05) is 36.0 Å². The van der Waals surface area contributed by atoms with Crippen LogP contribution in [0.5, 0.6) is 0 Å². The third-order valence-electron chi connectivity index (χ3n) is 1.15. The lowest BCUT2D eigenvalue weighted by Gasteiger charge is -1.92. The van der Waals surface area contributed by atoms with Crippen molar-refractivity contribution < 1.29 is 5.11 Å². The molecule has 0 heterocycles. The second-order valence-corrected chi connectivity index (χ2v) is 2.96. The van der Waals surface area contributed by atoms with E-state index in [1.165, 1.54) is 4.90 Å². The van der Waals surface area contributed by atoms with E-state index < -0.39 is 0 Å². The Balaban J connectivity index is 2.45. The van der Waals surface area contributed by atoms with E-state index >= 15 is 0 Å². The van der Waals surface area contributed by atoms with Crippen LogP contribution in [-0.4, -0.2) is 11.7 Å². The summed E-state index contributed by atoms with van der Waals surface area (Å²) in [7, 11) is 0. The molecule has 0 saturated heterocycles. The molecule has 58 valence electrons. The lowest BCUT2D eigenvalue weighted by atomic mass is 10.4. The predicted molar refractivity (Wildman–Crippen MR) is 48.5 cm³/mol. The Morgan fingerprint density at radius 3 is 2.64 bits per heavy atom. The molecular formula is C9H10OS. The molecule has 0 aliphatic rings. The molecule has 0 aromatic heterocycles. The molecule has 0 radical (unpaired) electrons. The number of thioether (sulfide) groups is 1. The first-order chi connectivity index (χ1) is 5.43. The molecule has 0 bridgehead atoms. The van der Waals surface area contributed by atoms with E-state index in [-0.39, 0.29) is 6.61 Å². The summed E-state index contributed by atoms with van der Waals surface area (Å²) in [5.74, 6) is 0. The molecule has 0 fully saturated rings. The average molecular weight is 166 g/mol. The maximum absolute atomic E-state index is 8.44. The Morgan fingerprint density at radius 1 is 1.27 bits per heavy atom. The van der Waals surface area contributed by atoms with Gasteiger partial charge in [0.25, 0.3) is 0 Å². The first-order valence-electron chi connectivity index (χ1n) is 3.41. The molecule has 1 aromatic carbocycles. The van der Waals surface area contributed by atoms with Gasteiger partial charge in [-0.2, -0.15) is 0 Å². The average Bonchev–Trinajstić information content (AvgIpc) is 2.07. The van der Waals surface area contributed by atoms with Gasteiger partial charge in [0, 0.05) is 4.90 Å². The minimum Gasteiger partial charge on any atom is -0.392 e. The van der Waals surface area contributed by atoms with Gasteiger partial charge in [-0.05, 0) is 17.5 Å². The first-order valence-corrected chi connectivity index (χ1v) is 4.29. The smallest absolute Gasteiger partial charge is 0.0620 e. The molecule has 11 heavy (non-hydrogen) atoms. The lowest BCUT2D eigenvalue weighted by Crippen LogP contribution is -1.69. The van der Waals surface area contributed by atoms with Gasteiger partial charge in [-0.15, -0.1) is 0 Å². The summed E-state index contributed by atoms with van der Waals surface area (Å²) >= 11 is 1.60. The van der Waals surface area contributed by atoms with Crippen LogP contribution in [0.15, 0.2) is 46.7 Å². The van der Waals surface area contributed by atoms with Gasteiger partial charge in [-0.3, -0.25) is 0 Å². The van der Waals surface area contributed by atoms with Gasteiger partial charge in [0.05, 0.1) is 6.61 Å². The van der Waals surface area contributed by atoms with Gasteiger partial charge < -0.3 is 5.11 Å². The van der Waals surface area contributed by atoms with E-state index in [2.05, 4.69) is 0 Å². The van der Waals surface area contributed by atoms with Crippen LogP contribution in [0.3, 0.4) is 0 Å². The minimum atomic E-state index is 0.111. The van der Waals surface area contributed by atoms with Crippen molar-refractivity contribution in [1.29, 1.82) is 0 Å². The van der Waals surface area contributed by atoms with Crippen molar-refractivity contribution in [2.75, 3.05) is 6.61 Å². The van der Waals surface area contributed by atoms with Crippen molar-refractivity contribution in [3.8, 4) is 0 Å². The molecule has 1 aromatic rings. The number of benzene rings is 1. The van der Waals surface area contributed by atoms with E-state index in [9.17, 15) is 0 Å². The van der Waals surface area contributed by atoms with Gasteiger partial charge in [-0.25, -0.2) is 0 Å². The quantitative estimate of drug-likeness (QED) is 0.695. The van der Waals surface area contributed by atoms with Crippen LogP contribution in [0.1, 0.15) is 0 Å². The van der Waals surface area contributed by atoms with E-state index in [1.54, 1.807) is 17.8 Å². The summed E-state index contributed by atoms with van der Waals surface area (Å²) in [4.78, 5) is 1.19. The fraction of sp³-hybridized carbons (Fsp3) is 0.111. The molecule has 0 atom stereocenters. The summed E-state index contributed by atoms with van der Waals surface area (Å²) < 4.78 is 0. The Morgan fingerprint density at radius 2 is 2.00 bits per heavy atom. The zero-order chi connectivity index (χ0) is 7.94. The minimum absolute atomic E-state index is 0.111. The highest BCUT2D eigenvalue weighted by Gasteiger charge is 1.84. The number of hydrogen-bond donors (Lipinski definition) is 1. The van der Waals surface area contributed by atoms with Gasteiger partial charge in [0.2, 0.25) is 0 Å². The highest BCUT2D eigenvalue weighted by atomic mass is 32.2. The van der Waals surface area contributed by atoms with Gasteiger partial charge >= 0.3 is 0 Å². The van der Waals surface area contributed by atoms with Crippen LogP contribution in [0.4, 0.5) is 0 Å². The standard InChI is InChI=1S/C9H10OS/c10-7-4-8-11-9-5-2-1-3-6-9/h1-6,8,10H,7H2. The van der Waals surface area contributed by atoms with Crippen LogP contribution < -0.4 is 0 Å². The Hall–Kier alpha value is -0.730. The van der Waals surface area contributed by atoms with E-state index in [0.717, 1.165) is 0 Å². The maximum Gasteiger partial charge on any atom is 0.0620 e. The molecule has 0 aliphatic heterocycles. The highest BCUT2D eigenvalue weighted by molar-refractivity contribution is 8.02. The fourth-order valence-corrected chi connectivity index (χ4v) is 1.32. The predicted octanol–water partition coefficient (Wildman–Crippen LogP) is 2.28. The zero-order valence-electron chi connectivity index (χ0n) is 6.10. The SMILES string of the molecule is OCC=CSc1ccccc1. The third kappa shape index (κ3) is 3.25. The maximum atomic E-state index is 8.44. The van der Waals surface area contributed by atoms with Crippen molar-refractivity contribution in [2.24, 2.45) is 0 Å².